The minimum absolute atomic E-state index is 0.128. The first-order valence-corrected chi connectivity index (χ1v) is 5.23. The van der Waals surface area contributed by atoms with Gasteiger partial charge in [0, 0.05) is 17.6 Å². The molecule has 0 aromatic heterocycles. The molecule has 2 unspecified atom stereocenters. The summed E-state index contributed by atoms with van der Waals surface area (Å²) in [4.78, 5) is 10.2. The smallest absolute Gasteiger partial charge is 0.306 e. The average molecular weight is 208 g/mol. The highest BCUT2D eigenvalue weighted by molar-refractivity contribution is 7.99. The molecule has 0 bridgehead atoms. The molecule has 0 aliphatic rings. The summed E-state index contributed by atoms with van der Waals surface area (Å²) in [6, 6.07) is 0. The first kappa shape index (κ1) is 12.7. The number of aliphatic carboxylic acids is 1. The summed E-state index contributed by atoms with van der Waals surface area (Å²) in [5.41, 5.74) is 0. The van der Waals surface area contributed by atoms with Crippen LogP contribution in [0.4, 0.5) is 0 Å². The van der Waals surface area contributed by atoms with Crippen LogP contribution in [-0.2, 0) is 4.79 Å². The molecule has 0 heterocycles. The molecule has 13 heavy (non-hydrogen) atoms. The molecule has 0 spiro atoms. The van der Waals surface area contributed by atoms with Gasteiger partial charge in [-0.15, -0.1) is 0 Å². The van der Waals surface area contributed by atoms with Crippen LogP contribution in [0.2, 0.25) is 0 Å². The van der Waals surface area contributed by atoms with Crippen LogP contribution in [0, 0.1) is 0 Å². The monoisotopic (exact) mass is 208 g/mol. The summed E-state index contributed by atoms with van der Waals surface area (Å²) in [7, 11) is 0. The zero-order valence-corrected chi connectivity index (χ0v) is 8.46. The highest BCUT2D eigenvalue weighted by Crippen LogP contribution is 2.15. The molecule has 0 saturated heterocycles. The summed E-state index contributed by atoms with van der Waals surface area (Å²) in [6.07, 6.45) is -0.327. The molecule has 0 radical (unpaired) electrons. The third-order valence-electron chi connectivity index (χ3n) is 1.52. The van der Waals surface area contributed by atoms with Crippen molar-refractivity contribution in [3.8, 4) is 0 Å². The lowest BCUT2D eigenvalue weighted by molar-refractivity contribution is -0.138. The topological polar surface area (TPSA) is 77.8 Å². The number of carboxylic acid groups (broad SMARTS) is 1. The first-order valence-electron chi connectivity index (χ1n) is 4.18. The Kier molecular flexibility index (Phi) is 7.03. The molecule has 0 saturated carbocycles. The second-order valence-electron chi connectivity index (χ2n) is 2.91. The summed E-state index contributed by atoms with van der Waals surface area (Å²) in [6.45, 7) is 2.07. The fourth-order valence-corrected chi connectivity index (χ4v) is 1.74. The molecule has 0 aromatic rings. The summed E-state index contributed by atoms with van der Waals surface area (Å²) >= 11 is 1.48. The third kappa shape index (κ3) is 8.08. The van der Waals surface area contributed by atoms with Crippen LogP contribution in [0.15, 0.2) is 0 Å². The van der Waals surface area contributed by atoms with Crippen LogP contribution in [0.25, 0.3) is 0 Å². The molecule has 0 aliphatic heterocycles. The molecule has 3 N–H and O–H groups in total. The van der Waals surface area contributed by atoms with E-state index in [-0.39, 0.29) is 18.3 Å². The Morgan fingerprint density at radius 2 is 2.15 bits per heavy atom. The van der Waals surface area contributed by atoms with Gasteiger partial charge in [0.05, 0.1) is 12.5 Å². The molecular weight excluding hydrogens is 192 g/mol. The molecule has 78 valence electrons. The fraction of sp³-hybridized carbons (Fsp3) is 0.875. The van der Waals surface area contributed by atoms with Gasteiger partial charge < -0.3 is 15.3 Å². The maximum absolute atomic E-state index is 10.2. The predicted molar refractivity (Wildman–Crippen MR) is 51.9 cm³/mol. The van der Waals surface area contributed by atoms with E-state index in [1.807, 2.05) is 6.92 Å². The van der Waals surface area contributed by atoms with E-state index in [9.17, 15) is 9.90 Å². The Morgan fingerprint density at radius 1 is 1.54 bits per heavy atom. The standard InChI is InChI=1S/C8H16O4S/c1-6(2-3-9)13-5-7(10)4-8(11)12/h6-7,9-10H,2-5H2,1H3,(H,11,12). The normalized spacial score (nSPS) is 15.3. The largest absolute Gasteiger partial charge is 0.481 e. The van der Waals surface area contributed by atoms with E-state index in [2.05, 4.69) is 0 Å². The van der Waals surface area contributed by atoms with E-state index in [1.54, 1.807) is 0 Å². The minimum Gasteiger partial charge on any atom is -0.481 e. The van der Waals surface area contributed by atoms with Gasteiger partial charge >= 0.3 is 5.97 Å². The Balaban J connectivity index is 3.45. The lowest BCUT2D eigenvalue weighted by Gasteiger charge is -2.12. The van der Waals surface area contributed by atoms with Gasteiger partial charge in [-0.1, -0.05) is 6.92 Å². The van der Waals surface area contributed by atoms with E-state index in [0.717, 1.165) is 0 Å². The van der Waals surface area contributed by atoms with Gasteiger partial charge in [0.1, 0.15) is 0 Å². The number of thioether (sulfide) groups is 1. The number of hydrogen-bond acceptors (Lipinski definition) is 4. The molecular formula is C8H16O4S. The van der Waals surface area contributed by atoms with Crippen molar-refractivity contribution in [3.63, 3.8) is 0 Å². The Labute approximate surface area is 82.0 Å². The van der Waals surface area contributed by atoms with Gasteiger partial charge in [-0.2, -0.15) is 11.8 Å². The van der Waals surface area contributed by atoms with Crippen LogP contribution in [0.1, 0.15) is 19.8 Å². The Bertz CT molecular complexity index is 151. The van der Waals surface area contributed by atoms with Crippen LogP contribution < -0.4 is 0 Å². The predicted octanol–water partition coefficient (Wildman–Crippen LogP) is 0.326. The number of carbonyl (C=O) groups is 1. The maximum Gasteiger partial charge on any atom is 0.306 e. The van der Waals surface area contributed by atoms with Gasteiger partial charge in [-0.3, -0.25) is 4.79 Å². The highest BCUT2D eigenvalue weighted by Gasteiger charge is 2.11. The van der Waals surface area contributed by atoms with Crippen molar-refractivity contribution in [1.29, 1.82) is 0 Å². The van der Waals surface area contributed by atoms with Crippen molar-refractivity contribution in [1.82, 2.24) is 0 Å². The molecule has 0 fully saturated rings. The Hall–Kier alpha value is -0.260. The SMILES string of the molecule is CC(CCO)SCC(O)CC(=O)O. The van der Waals surface area contributed by atoms with E-state index in [1.165, 1.54) is 11.8 Å². The summed E-state index contributed by atoms with van der Waals surface area (Å²) in [5, 5.41) is 26.4. The van der Waals surface area contributed by atoms with Crippen LogP contribution in [0.5, 0.6) is 0 Å². The molecule has 4 nitrogen and oxygen atoms in total. The van der Waals surface area contributed by atoms with Crippen molar-refractivity contribution in [2.45, 2.75) is 31.1 Å². The van der Waals surface area contributed by atoms with E-state index in [4.69, 9.17) is 10.2 Å². The van der Waals surface area contributed by atoms with Gasteiger partial charge in [-0.05, 0) is 6.42 Å². The molecule has 0 amide bonds. The molecule has 5 heteroatoms. The van der Waals surface area contributed by atoms with Crippen molar-refractivity contribution >= 4 is 17.7 Å². The van der Waals surface area contributed by atoms with Crippen LogP contribution in [0.3, 0.4) is 0 Å². The third-order valence-corrected chi connectivity index (χ3v) is 2.90. The number of carboxylic acids is 1. The van der Waals surface area contributed by atoms with E-state index < -0.39 is 12.1 Å². The zero-order chi connectivity index (χ0) is 10.3. The average Bonchev–Trinajstić information content (AvgIpc) is 2.00. The Morgan fingerprint density at radius 3 is 2.62 bits per heavy atom. The lowest BCUT2D eigenvalue weighted by atomic mass is 10.3. The maximum atomic E-state index is 10.2. The first-order chi connectivity index (χ1) is 6.06. The number of rotatable bonds is 7. The summed E-state index contributed by atoms with van der Waals surface area (Å²) in [5.74, 6) is -0.573. The van der Waals surface area contributed by atoms with Crippen molar-refractivity contribution in [2.75, 3.05) is 12.4 Å². The van der Waals surface area contributed by atoms with Crippen molar-refractivity contribution < 1.29 is 20.1 Å². The van der Waals surface area contributed by atoms with Gasteiger partial charge in [-0.25, -0.2) is 0 Å². The highest BCUT2D eigenvalue weighted by atomic mass is 32.2. The van der Waals surface area contributed by atoms with Gasteiger partial charge in [0.25, 0.3) is 0 Å². The zero-order valence-electron chi connectivity index (χ0n) is 7.64. The van der Waals surface area contributed by atoms with Gasteiger partial charge in [0.15, 0.2) is 0 Å². The second-order valence-corrected chi connectivity index (χ2v) is 4.38. The fourth-order valence-electron chi connectivity index (χ4n) is 0.801. The van der Waals surface area contributed by atoms with Crippen LogP contribution >= 0.6 is 11.8 Å². The molecule has 0 aromatic carbocycles. The second kappa shape index (κ2) is 7.17. The molecule has 2 atom stereocenters. The lowest BCUT2D eigenvalue weighted by Crippen LogP contribution is -2.17. The van der Waals surface area contributed by atoms with Crippen molar-refractivity contribution in [3.05, 3.63) is 0 Å². The number of hydrogen-bond donors (Lipinski definition) is 3. The molecule has 0 rings (SSSR count). The van der Waals surface area contributed by atoms with Gasteiger partial charge in [0.2, 0.25) is 0 Å². The summed E-state index contributed by atoms with van der Waals surface area (Å²) < 4.78 is 0. The quantitative estimate of drug-likeness (QED) is 0.562. The van der Waals surface area contributed by atoms with Crippen molar-refractivity contribution in [2.24, 2.45) is 0 Å². The number of aliphatic hydroxyl groups is 2. The van der Waals surface area contributed by atoms with E-state index in [0.29, 0.717) is 12.2 Å². The minimum atomic E-state index is -0.983. The number of aliphatic hydroxyl groups excluding tert-OH is 2. The van der Waals surface area contributed by atoms with E-state index >= 15 is 0 Å². The molecule has 0 aliphatic carbocycles. The van der Waals surface area contributed by atoms with Crippen LogP contribution in [-0.4, -0.2) is 45.0 Å².